The fourth-order valence-electron chi connectivity index (χ4n) is 4.05. The number of carbonyl (C=O) groups excluding carboxylic acids is 2. The summed E-state index contributed by atoms with van der Waals surface area (Å²) in [6, 6.07) is 16.2. The number of carbonyl (C=O) groups is 2. The number of hydrogen-bond acceptors (Lipinski definition) is 8. The Labute approximate surface area is 213 Å². The molecule has 1 N–H and O–H groups in total. The van der Waals surface area contributed by atoms with E-state index in [2.05, 4.69) is 32.3 Å². The fourth-order valence-corrected chi connectivity index (χ4v) is 5.03. The molecule has 2 aromatic carbocycles. The Kier molecular flexibility index (Phi) is 8.62. The van der Waals surface area contributed by atoms with E-state index in [1.54, 1.807) is 11.3 Å². The minimum atomic E-state index is -0.691. The second-order valence-electron chi connectivity index (χ2n) is 8.38. The van der Waals surface area contributed by atoms with Crippen molar-refractivity contribution in [1.29, 1.82) is 0 Å². The summed E-state index contributed by atoms with van der Waals surface area (Å²) < 4.78 is 13.1. The average Bonchev–Trinajstić information content (AvgIpc) is 3.55. The highest BCUT2D eigenvalue weighted by Gasteiger charge is 2.30. The van der Waals surface area contributed by atoms with Gasteiger partial charge in [-0.05, 0) is 44.8 Å². The number of methoxy groups -OCH3 is 1. The lowest BCUT2D eigenvalue weighted by Gasteiger charge is -2.21. The molecule has 188 valence electrons. The number of nitrogens with one attached hydrogen (secondary N) is 1. The fraction of sp³-hybridized carbons (Fsp3) is 0.346. The Balaban J connectivity index is 1.62. The first kappa shape index (κ1) is 25.3. The van der Waals surface area contributed by atoms with Crippen LogP contribution in [0, 0.1) is 0 Å². The van der Waals surface area contributed by atoms with E-state index in [9.17, 15) is 9.59 Å². The normalized spacial score (nSPS) is 12.7. The smallest absolute Gasteiger partial charge is 0.408 e. The van der Waals surface area contributed by atoms with E-state index < -0.39 is 24.1 Å². The molecular formula is C26H29N5O4S. The quantitative estimate of drug-likeness (QED) is 0.285. The lowest BCUT2D eigenvalue weighted by molar-refractivity contribution is -0.145. The molecule has 1 amide bonds. The highest BCUT2D eigenvalue weighted by atomic mass is 32.1. The van der Waals surface area contributed by atoms with Crippen molar-refractivity contribution >= 4 is 33.5 Å². The van der Waals surface area contributed by atoms with E-state index in [0.29, 0.717) is 18.7 Å². The van der Waals surface area contributed by atoms with E-state index in [1.165, 1.54) is 11.8 Å². The summed E-state index contributed by atoms with van der Waals surface area (Å²) in [6.45, 7) is 2.18. The van der Waals surface area contributed by atoms with Gasteiger partial charge in [0.25, 0.3) is 0 Å². The van der Waals surface area contributed by atoms with E-state index >= 15 is 0 Å². The molecule has 9 nitrogen and oxygen atoms in total. The molecule has 0 saturated heterocycles. The number of tetrazole rings is 1. The van der Waals surface area contributed by atoms with E-state index in [-0.39, 0.29) is 6.61 Å². The summed E-state index contributed by atoms with van der Waals surface area (Å²) >= 11 is 1.63. The summed E-state index contributed by atoms with van der Waals surface area (Å²) in [5, 5.41) is 18.3. The first-order valence-corrected chi connectivity index (χ1v) is 12.8. The second kappa shape index (κ2) is 12.3. The maximum Gasteiger partial charge on any atom is 0.408 e. The average molecular weight is 508 g/mol. The lowest BCUT2D eigenvalue weighted by Crippen LogP contribution is -2.34. The van der Waals surface area contributed by atoms with Crippen LogP contribution in [-0.4, -0.2) is 39.4 Å². The zero-order chi connectivity index (χ0) is 25.3. The number of rotatable bonds is 11. The first-order chi connectivity index (χ1) is 17.6. The molecule has 10 heteroatoms. The summed E-state index contributed by atoms with van der Waals surface area (Å²) in [5.74, 6) is -0.0585. The number of aromatic nitrogens is 4. The van der Waals surface area contributed by atoms with Crippen molar-refractivity contribution in [3.8, 4) is 0 Å². The van der Waals surface area contributed by atoms with Crippen molar-refractivity contribution in [3.63, 3.8) is 0 Å². The summed E-state index contributed by atoms with van der Waals surface area (Å²) in [6.07, 6.45) is 2.05. The van der Waals surface area contributed by atoms with E-state index in [0.717, 1.165) is 34.1 Å². The number of benzene rings is 2. The van der Waals surface area contributed by atoms with Crippen LogP contribution < -0.4 is 5.32 Å². The molecule has 2 atom stereocenters. The molecule has 0 aliphatic heterocycles. The topological polar surface area (TPSA) is 108 Å². The Morgan fingerprint density at radius 3 is 2.67 bits per heavy atom. The third-order valence-corrected chi connectivity index (χ3v) is 6.93. The largest absolute Gasteiger partial charge is 0.467 e. The minimum Gasteiger partial charge on any atom is -0.467 e. The van der Waals surface area contributed by atoms with Crippen molar-refractivity contribution in [2.45, 2.75) is 51.3 Å². The van der Waals surface area contributed by atoms with Gasteiger partial charge in [-0.25, -0.2) is 14.3 Å². The van der Waals surface area contributed by atoms with Crippen molar-refractivity contribution in [2.24, 2.45) is 0 Å². The number of unbranched alkanes of at least 4 members (excludes halogenated alkanes) is 1. The first-order valence-electron chi connectivity index (χ1n) is 11.9. The predicted octanol–water partition coefficient (Wildman–Crippen LogP) is 5.00. The SMILES string of the molecule is CCCCC(C(=O)OC)n1nnnc1[C@H](Cc1csc2ccccc12)NC(=O)OCc1ccccc1. The van der Waals surface area contributed by atoms with Gasteiger partial charge < -0.3 is 14.8 Å². The van der Waals surface area contributed by atoms with Gasteiger partial charge in [0.15, 0.2) is 11.9 Å². The molecule has 0 aliphatic carbocycles. The van der Waals surface area contributed by atoms with Gasteiger partial charge in [0.05, 0.1) is 13.2 Å². The Hall–Kier alpha value is -3.79. The van der Waals surface area contributed by atoms with Crippen LogP contribution >= 0.6 is 11.3 Å². The van der Waals surface area contributed by atoms with Crippen molar-refractivity contribution in [1.82, 2.24) is 25.5 Å². The van der Waals surface area contributed by atoms with Crippen molar-refractivity contribution in [3.05, 3.63) is 76.9 Å². The number of nitrogens with zero attached hydrogens (tertiary/aromatic N) is 4. The van der Waals surface area contributed by atoms with Gasteiger partial charge >= 0.3 is 12.1 Å². The minimum absolute atomic E-state index is 0.132. The third-order valence-electron chi connectivity index (χ3n) is 5.92. The van der Waals surface area contributed by atoms with Crippen LogP contribution in [0.5, 0.6) is 0 Å². The van der Waals surface area contributed by atoms with Crippen LogP contribution in [0.1, 0.15) is 55.2 Å². The third kappa shape index (κ3) is 6.06. The Morgan fingerprint density at radius 2 is 1.89 bits per heavy atom. The van der Waals surface area contributed by atoms with E-state index in [1.807, 2.05) is 55.5 Å². The highest BCUT2D eigenvalue weighted by Crippen LogP contribution is 2.30. The molecule has 0 aliphatic rings. The van der Waals surface area contributed by atoms with Crippen molar-refractivity contribution in [2.75, 3.05) is 7.11 Å². The van der Waals surface area contributed by atoms with Gasteiger partial charge in [0.2, 0.25) is 0 Å². The van der Waals surface area contributed by atoms with Crippen LogP contribution in [0.2, 0.25) is 0 Å². The van der Waals surface area contributed by atoms with Crippen LogP contribution in [0.4, 0.5) is 4.79 Å². The molecular weight excluding hydrogens is 478 g/mol. The summed E-state index contributed by atoms with van der Waals surface area (Å²) in [5.41, 5.74) is 1.92. The number of esters is 1. The molecule has 1 unspecified atom stereocenters. The van der Waals surface area contributed by atoms with Gasteiger partial charge in [-0.15, -0.1) is 16.4 Å². The Bertz CT molecular complexity index is 1290. The second-order valence-corrected chi connectivity index (χ2v) is 9.29. The van der Waals surface area contributed by atoms with Crippen LogP contribution in [0.3, 0.4) is 0 Å². The summed E-state index contributed by atoms with van der Waals surface area (Å²) in [7, 11) is 1.35. The van der Waals surface area contributed by atoms with Gasteiger partial charge in [-0.2, -0.15) is 0 Å². The Morgan fingerprint density at radius 1 is 1.11 bits per heavy atom. The zero-order valence-electron chi connectivity index (χ0n) is 20.3. The number of alkyl carbamates (subject to hydrolysis) is 1. The van der Waals surface area contributed by atoms with Gasteiger partial charge in [0.1, 0.15) is 6.61 Å². The van der Waals surface area contributed by atoms with Gasteiger partial charge in [-0.3, -0.25) is 0 Å². The predicted molar refractivity (Wildman–Crippen MR) is 136 cm³/mol. The molecule has 0 fully saturated rings. The van der Waals surface area contributed by atoms with Crippen LogP contribution in [0.15, 0.2) is 60.0 Å². The van der Waals surface area contributed by atoms with Crippen LogP contribution in [-0.2, 0) is 27.3 Å². The molecule has 0 bridgehead atoms. The molecule has 0 saturated carbocycles. The summed E-state index contributed by atoms with van der Waals surface area (Å²) in [4.78, 5) is 25.5. The molecule has 4 aromatic rings. The monoisotopic (exact) mass is 507 g/mol. The molecule has 0 spiro atoms. The lowest BCUT2D eigenvalue weighted by atomic mass is 10.0. The number of ether oxygens (including phenoxy) is 2. The van der Waals surface area contributed by atoms with E-state index in [4.69, 9.17) is 9.47 Å². The highest BCUT2D eigenvalue weighted by molar-refractivity contribution is 7.17. The number of thiophene rings is 1. The number of amides is 1. The van der Waals surface area contributed by atoms with Gasteiger partial charge in [0, 0.05) is 11.1 Å². The number of fused-ring (bicyclic) bond motifs is 1. The maximum absolute atomic E-state index is 12.9. The molecule has 2 heterocycles. The molecule has 36 heavy (non-hydrogen) atoms. The van der Waals surface area contributed by atoms with Gasteiger partial charge in [-0.1, -0.05) is 68.3 Å². The zero-order valence-corrected chi connectivity index (χ0v) is 21.1. The van der Waals surface area contributed by atoms with Crippen molar-refractivity contribution < 1.29 is 19.1 Å². The molecule has 0 radical (unpaired) electrons. The van der Waals surface area contributed by atoms with Crippen LogP contribution in [0.25, 0.3) is 10.1 Å². The maximum atomic E-state index is 12.9. The molecule has 2 aromatic heterocycles. The standard InChI is InChI=1S/C26H29N5O4S/c1-3-4-13-22(25(32)34-2)31-24(28-29-30-31)21(15-19-17-36-23-14-9-8-12-20(19)23)27-26(33)35-16-18-10-6-5-7-11-18/h5-12,14,17,21-22H,3-4,13,15-16H2,1-2H3,(H,27,33)/t21-,22?/m0/s1. The number of hydrogen-bond donors (Lipinski definition) is 1. The molecule has 4 rings (SSSR count).